The molecule has 25 heavy (non-hydrogen) atoms. The van der Waals surface area contributed by atoms with E-state index in [9.17, 15) is 4.39 Å². The molecule has 0 unspecified atom stereocenters. The number of alkyl halides is 1. The molecule has 1 N–H and O–H groups in total. The molecule has 0 amide bonds. The SMILES string of the molecule is [B]c1nc(Nc2cc(C)ns2)nc(-c2cnn(CC3(F)CC3)c2)c1C. The molecule has 2 radical (unpaired) electrons. The summed E-state index contributed by atoms with van der Waals surface area (Å²) in [6, 6.07) is 1.91. The number of hydrogen-bond donors (Lipinski definition) is 1. The molecule has 0 bridgehead atoms. The predicted molar refractivity (Wildman–Crippen MR) is 96.6 cm³/mol. The van der Waals surface area contributed by atoms with Crippen molar-refractivity contribution in [2.45, 2.75) is 38.9 Å². The highest BCUT2D eigenvalue weighted by Crippen LogP contribution is 2.41. The van der Waals surface area contributed by atoms with Crippen molar-refractivity contribution in [1.82, 2.24) is 24.1 Å². The summed E-state index contributed by atoms with van der Waals surface area (Å²) < 4.78 is 19.8. The highest BCUT2D eigenvalue weighted by Gasteiger charge is 2.43. The normalized spacial score (nSPS) is 15.3. The van der Waals surface area contributed by atoms with E-state index in [-0.39, 0.29) is 6.54 Å². The van der Waals surface area contributed by atoms with Gasteiger partial charge >= 0.3 is 0 Å². The first-order chi connectivity index (χ1) is 11.9. The minimum atomic E-state index is -1.10. The van der Waals surface area contributed by atoms with Crippen molar-refractivity contribution in [1.29, 1.82) is 0 Å². The van der Waals surface area contributed by atoms with Crippen molar-refractivity contribution >= 4 is 35.9 Å². The molecule has 0 aromatic carbocycles. The number of aromatic nitrogens is 5. The Labute approximate surface area is 150 Å². The largest absolute Gasteiger partial charge is 0.314 e. The van der Waals surface area contributed by atoms with E-state index in [4.69, 9.17) is 7.85 Å². The molecule has 0 spiro atoms. The third-order valence-corrected chi connectivity index (χ3v) is 4.99. The van der Waals surface area contributed by atoms with Crippen LogP contribution in [0.1, 0.15) is 24.1 Å². The lowest BCUT2D eigenvalue weighted by molar-refractivity contribution is 0.261. The smallest absolute Gasteiger partial charge is 0.227 e. The van der Waals surface area contributed by atoms with E-state index in [0.29, 0.717) is 30.1 Å². The lowest BCUT2D eigenvalue weighted by atomic mass is 9.96. The van der Waals surface area contributed by atoms with Crippen LogP contribution in [0.4, 0.5) is 15.3 Å². The molecule has 1 aliphatic rings. The second-order valence-corrected chi connectivity index (χ2v) is 7.25. The van der Waals surface area contributed by atoms with Crippen LogP contribution in [-0.2, 0) is 6.54 Å². The minimum Gasteiger partial charge on any atom is -0.314 e. The van der Waals surface area contributed by atoms with Crippen molar-refractivity contribution < 1.29 is 4.39 Å². The van der Waals surface area contributed by atoms with Gasteiger partial charge in [-0.3, -0.25) is 4.68 Å². The zero-order valence-corrected chi connectivity index (χ0v) is 14.8. The van der Waals surface area contributed by atoms with Crippen LogP contribution < -0.4 is 10.9 Å². The molecule has 1 saturated carbocycles. The van der Waals surface area contributed by atoms with Gasteiger partial charge in [0, 0.05) is 11.8 Å². The van der Waals surface area contributed by atoms with Crippen LogP contribution in [-0.4, -0.2) is 37.6 Å². The molecule has 0 aliphatic heterocycles. The summed E-state index contributed by atoms with van der Waals surface area (Å²) in [4.78, 5) is 8.85. The second kappa shape index (κ2) is 5.91. The van der Waals surface area contributed by atoms with Gasteiger partial charge in [0.1, 0.15) is 18.5 Å². The van der Waals surface area contributed by atoms with Crippen LogP contribution >= 0.6 is 11.5 Å². The monoisotopic (exact) mass is 354 g/mol. The average Bonchev–Trinajstić information content (AvgIpc) is 2.95. The van der Waals surface area contributed by atoms with Gasteiger partial charge in [0.05, 0.1) is 24.1 Å². The fourth-order valence-electron chi connectivity index (χ4n) is 2.56. The summed E-state index contributed by atoms with van der Waals surface area (Å²) in [6.07, 6.45) is 4.68. The Morgan fingerprint density at radius 3 is 2.84 bits per heavy atom. The second-order valence-electron chi connectivity index (χ2n) is 6.44. The molecule has 9 heteroatoms. The van der Waals surface area contributed by atoms with Gasteiger partial charge in [0.25, 0.3) is 0 Å². The van der Waals surface area contributed by atoms with Gasteiger partial charge in [-0.05, 0) is 55.4 Å². The van der Waals surface area contributed by atoms with Crippen molar-refractivity contribution in [2.75, 3.05) is 5.32 Å². The molecule has 6 nitrogen and oxygen atoms in total. The summed E-state index contributed by atoms with van der Waals surface area (Å²) >= 11 is 1.33. The molecule has 3 aromatic rings. The topological polar surface area (TPSA) is 68.5 Å². The Kier molecular flexibility index (Phi) is 3.83. The number of halogens is 1. The van der Waals surface area contributed by atoms with Crippen LogP contribution in [0.25, 0.3) is 11.3 Å². The number of aryl methyl sites for hydroxylation is 1. The highest BCUT2D eigenvalue weighted by atomic mass is 32.1. The Bertz CT molecular complexity index is 933. The molecule has 0 saturated heterocycles. The quantitative estimate of drug-likeness (QED) is 0.713. The maximum absolute atomic E-state index is 13.9. The third-order valence-electron chi connectivity index (χ3n) is 4.19. The first-order valence-corrected chi connectivity index (χ1v) is 8.75. The van der Waals surface area contributed by atoms with Gasteiger partial charge < -0.3 is 5.32 Å². The minimum absolute atomic E-state index is 0.276. The van der Waals surface area contributed by atoms with Crippen LogP contribution in [0.15, 0.2) is 18.5 Å². The van der Waals surface area contributed by atoms with Crippen LogP contribution in [0.3, 0.4) is 0 Å². The first kappa shape index (κ1) is 16.2. The summed E-state index contributed by atoms with van der Waals surface area (Å²) in [6.45, 7) is 4.06. The number of nitrogens with zero attached hydrogens (tertiary/aromatic N) is 5. The van der Waals surface area contributed by atoms with E-state index in [1.165, 1.54) is 11.5 Å². The number of rotatable bonds is 5. The van der Waals surface area contributed by atoms with Crippen molar-refractivity contribution in [3.8, 4) is 11.3 Å². The lowest BCUT2D eigenvalue weighted by Gasteiger charge is -2.10. The molecule has 3 aromatic heterocycles. The maximum Gasteiger partial charge on any atom is 0.227 e. The first-order valence-electron chi connectivity index (χ1n) is 7.98. The van der Waals surface area contributed by atoms with Gasteiger partial charge in [-0.1, -0.05) is 0 Å². The van der Waals surface area contributed by atoms with Gasteiger partial charge in [0.15, 0.2) is 0 Å². The highest BCUT2D eigenvalue weighted by molar-refractivity contribution is 7.10. The zero-order chi connectivity index (χ0) is 17.6. The van der Waals surface area contributed by atoms with Gasteiger partial charge in [0.2, 0.25) is 5.95 Å². The third kappa shape index (κ3) is 3.41. The van der Waals surface area contributed by atoms with Crippen molar-refractivity contribution in [3.05, 3.63) is 29.7 Å². The fourth-order valence-corrected chi connectivity index (χ4v) is 3.22. The molecular formula is C16H16BFN6S. The summed E-state index contributed by atoms with van der Waals surface area (Å²) in [5, 5.41) is 8.22. The van der Waals surface area contributed by atoms with E-state index in [1.54, 1.807) is 17.1 Å². The molecular weight excluding hydrogens is 338 g/mol. The number of nitrogens with one attached hydrogen (secondary N) is 1. The van der Waals surface area contributed by atoms with E-state index in [1.807, 2.05) is 19.9 Å². The molecule has 1 fully saturated rings. The number of anilines is 2. The van der Waals surface area contributed by atoms with Crippen LogP contribution in [0.2, 0.25) is 0 Å². The molecule has 0 atom stereocenters. The summed E-state index contributed by atoms with van der Waals surface area (Å²) in [5.41, 5.74) is 2.47. The predicted octanol–water partition coefficient (Wildman–Crippen LogP) is 2.45. The zero-order valence-electron chi connectivity index (χ0n) is 14.0. The van der Waals surface area contributed by atoms with E-state index in [2.05, 4.69) is 24.8 Å². The van der Waals surface area contributed by atoms with E-state index < -0.39 is 5.67 Å². The fraction of sp³-hybridized carbons (Fsp3) is 0.375. The molecule has 3 heterocycles. The van der Waals surface area contributed by atoms with Crippen molar-refractivity contribution in [2.24, 2.45) is 0 Å². The lowest BCUT2D eigenvalue weighted by Crippen LogP contribution is -2.17. The van der Waals surface area contributed by atoms with E-state index >= 15 is 0 Å². The summed E-state index contributed by atoms with van der Waals surface area (Å²) in [5.74, 6) is 0.402. The maximum atomic E-state index is 13.9. The standard InChI is InChI=1S/C16H16BFN6S/c1-9-5-12(25-23-9)20-15-21-13(10(2)14(17)22-15)11-6-19-24(7-11)8-16(18)3-4-16/h5-7H,3-4,8H2,1-2H3,(H,20,21,22). The Morgan fingerprint density at radius 1 is 1.36 bits per heavy atom. The van der Waals surface area contributed by atoms with Gasteiger partial charge in [-0.2, -0.15) is 9.47 Å². The average molecular weight is 354 g/mol. The van der Waals surface area contributed by atoms with Crippen LogP contribution in [0, 0.1) is 13.8 Å². The number of hydrogen-bond acceptors (Lipinski definition) is 6. The van der Waals surface area contributed by atoms with Crippen molar-refractivity contribution in [3.63, 3.8) is 0 Å². The van der Waals surface area contributed by atoms with Gasteiger partial charge in [-0.15, -0.1) is 0 Å². The van der Waals surface area contributed by atoms with Gasteiger partial charge in [-0.25, -0.2) is 14.4 Å². The van der Waals surface area contributed by atoms with E-state index in [0.717, 1.165) is 21.8 Å². The molecule has 4 rings (SSSR count). The Morgan fingerprint density at radius 2 is 2.16 bits per heavy atom. The Balaban J connectivity index is 1.64. The molecule has 1 aliphatic carbocycles. The summed E-state index contributed by atoms with van der Waals surface area (Å²) in [7, 11) is 6.05. The Hall–Kier alpha value is -2.29. The van der Waals surface area contributed by atoms with Crippen LogP contribution in [0.5, 0.6) is 0 Å². The molecule has 126 valence electrons.